The Morgan fingerprint density at radius 2 is 1.54 bits per heavy atom. The van der Waals surface area contributed by atoms with Crippen LogP contribution in [0.4, 0.5) is 0 Å². The molecule has 2 saturated heterocycles. The van der Waals surface area contributed by atoms with Crippen LogP contribution in [0.15, 0.2) is 0 Å². The molecule has 1 amide bonds. The summed E-state index contributed by atoms with van der Waals surface area (Å²) in [5, 5.41) is 70.6. The number of hydrogen-bond acceptors (Lipinski definition) is 11. The summed E-state index contributed by atoms with van der Waals surface area (Å²) in [6, 6.07) is -1.24. The average molecular weight is 383 g/mol. The molecule has 2 aliphatic heterocycles. The fourth-order valence-electron chi connectivity index (χ4n) is 2.87. The Bertz CT molecular complexity index is 478. The molecule has 0 spiro atoms. The van der Waals surface area contributed by atoms with Crippen molar-refractivity contribution in [3.05, 3.63) is 0 Å². The van der Waals surface area contributed by atoms with Crippen LogP contribution in [0.3, 0.4) is 0 Å². The van der Waals surface area contributed by atoms with Crippen molar-refractivity contribution in [3.8, 4) is 0 Å². The summed E-state index contributed by atoms with van der Waals surface area (Å²) >= 11 is 0. The van der Waals surface area contributed by atoms with Crippen LogP contribution in [0.5, 0.6) is 0 Å². The molecule has 0 aromatic heterocycles. The van der Waals surface area contributed by atoms with Gasteiger partial charge in [-0.15, -0.1) is 0 Å². The lowest BCUT2D eigenvalue weighted by atomic mass is 9.97. The standard InChI is InChI=1S/C14H25NO11/c1-4(17)15-7-10(20)9(19)6(25-13(7)23)3-24-14-12(22)11(21)8(18)5(2-16)26-14/h5-14,16,18-23H,2-3H2,1H3,(H,15,17)/t5-,6-,7-,8-,9-,10-,11+,12-,13-,14-/m1/s1. The fraction of sp³-hybridized carbons (Fsp3) is 0.929. The molecule has 2 aliphatic rings. The van der Waals surface area contributed by atoms with Crippen molar-refractivity contribution in [2.24, 2.45) is 0 Å². The number of hydrogen-bond donors (Lipinski definition) is 8. The molecule has 2 rings (SSSR count). The zero-order chi connectivity index (χ0) is 19.6. The molecule has 26 heavy (non-hydrogen) atoms. The number of aliphatic hydroxyl groups is 7. The van der Waals surface area contributed by atoms with Crippen molar-refractivity contribution in [2.45, 2.75) is 68.3 Å². The van der Waals surface area contributed by atoms with Crippen LogP contribution in [0.1, 0.15) is 6.92 Å². The van der Waals surface area contributed by atoms with E-state index in [1.165, 1.54) is 6.92 Å². The number of aliphatic hydroxyl groups excluding tert-OH is 7. The van der Waals surface area contributed by atoms with Crippen molar-refractivity contribution < 1.29 is 54.8 Å². The van der Waals surface area contributed by atoms with Gasteiger partial charge in [0.15, 0.2) is 12.6 Å². The Morgan fingerprint density at radius 3 is 2.12 bits per heavy atom. The van der Waals surface area contributed by atoms with Crippen molar-refractivity contribution >= 4 is 5.91 Å². The molecule has 0 unspecified atom stereocenters. The van der Waals surface area contributed by atoms with Gasteiger partial charge in [-0.25, -0.2) is 0 Å². The molecule has 0 aromatic rings. The molecule has 2 heterocycles. The average Bonchev–Trinajstić information content (AvgIpc) is 2.59. The smallest absolute Gasteiger partial charge is 0.217 e. The second-order valence-corrected chi connectivity index (χ2v) is 6.30. The molecule has 0 aromatic carbocycles. The molecule has 12 heteroatoms. The third-order valence-corrected chi connectivity index (χ3v) is 4.36. The first-order valence-corrected chi connectivity index (χ1v) is 8.06. The van der Waals surface area contributed by atoms with Crippen LogP contribution < -0.4 is 5.32 Å². The topological polar surface area (TPSA) is 198 Å². The molecule has 2 fully saturated rings. The lowest BCUT2D eigenvalue weighted by Crippen LogP contribution is -2.64. The Morgan fingerprint density at radius 1 is 0.923 bits per heavy atom. The van der Waals surface area contributed by atoms with E-state index < -0.39 is 80.5 Å². The summed E-state index contributed by atoms with van der Waals surface area (Å²) < 4.78 is 15.5. The predicted molar refractivity (Wildman–Crippen MR) is 80.2 cm³/mol. The van der Waals surface area contributed by atoms with Crippen molar-refractivity contribution in [1.29, 1.82) is 0 Å². The van der Waals surface area contributed by atoms with Crippen molar-refractivity contribution in [2.75, 3.05) is 13.2 Å². The summed E-state index contributed by atoms with van der Waals surface area (Å²) in [6.07, 6.45) is -13.4. The first kappa shape index (κ1) is 21.4. The Labute approximate surface area is 148 Å². The zero-order valence-electron chi connectivity index (χ0n) is 14.0. The number of carbonyl (C=O) groups is 1. The molecule has 0 saturated carbocycles. The normalized spacial score (nSPS) is 46.8. The van der Waals surface area contributed by atoms with Gasteiger partial charge in [0.2, 0.25) is 5.91 Å². The van der Waals surface area contributed by atoms with Gasteiger partial charge < -0.3 is 55.3 Å². The second kappa shape index (κ2) is 8.84. The molecule has 0 radical (unpaired) electrons. The highest BCUT2D eigenvalue weighted by molar-refractivity contribution is 5.73. The van der Waals surface area contributed by atoms with E-state index in [0.717, 1.165) is 0 Å². The molecule has 152 valence electrons. The lowest BCUT2D eigenvalue weighted by molar-refractivity contribution is -0.318. The summed E-state index contributed by atoms with van der Waals surface area (Å²) in [5.74, 6) is -0.542. The number of nitrogens with one attached hydrogen (secondary N) is 1. The van der Waals surface area contributed by atoms with Crippen molar-refractivity contribution in [3.63, 3.8) is 0 Å². The summed E-state index contributed by atoms with van der Waals surface area (Å²) in [4.78, 5) is 11.1. The third kappa shape index (κ3) is 4.48. The van der Waals surface area contributed by atoms with Gasteiger partial charge in [-0.05, 0) is 0 Å². The van der Waals surface area contributed by atoms with Gasteiger partial charge in [0.05, 0.1) is 13.2 Å². The second-order valence-electron chi connectivity index (χ2n) is 6.30. The van der Waals surface area contributed by atoms with Crippen LogP contribution in [0.25, 0.3) is 0 Å². The van der Waals surface area contributed by atoms with E-state index in [9.17, 15) is 35.4 Å². The van der Waals surface area contributed by atoms with Gasteiger partial charge in [0.25, 0.3) is 0 Å². The molecule has 0 aliphatic carbocycles. The quantitative estimate of drug-likeness (QED) is 0.226. The van der Waals surface area contributed by atoms with Crippen LogP contribution in [-0.2, 0) is 19.0 Å². The molecule has 10 atom stereocenters. The van der Waals surface area contributed by atoms with E-state index in [1.807, 2.05) is 0 Å². The first-order valence-electron chi connectivity index (χ1n) is 8.06. The number of amides is 1. The fourth-order valence-corrected chi connectivity index (χ4v) is 2.87. The molecule has 8 N–H and O–H groups in total. The van der Waals surface area contributed by atoms with E-state index in [-0.39, 0.29) is 0 Å². The van der Waals surface area contributed by atoms with Gasteiger partial charge in [0.1, 0.15) is 48.8 Å². The Hall–Kier alpha value is -0.930. The summed E-state index contributed by atoms with van der Waals surface area (Å²) in [5.41, 5.74) is 0. The maximum atomic E-state index is 11.1. The summed E-state index contributed by atoms with van der Waals surface area (Å²) in [6.45, 7) is 0.0636. The Balaban J connectivity index is 1.95. The van der Waals surface area contributed by atoms with Gasteiger partial charge in [-0.1, -0.05) is 0 Å². The van der Waals surface area contributed by atoms with Crippen LogP contribution in [-0.4, -0.2) is 116 Å². The lowest BCUT2D eigenvalue weighted by Gasteiger charge is -2.42. The molecular weight excluding hydrogens is 358 g/mol. The van der Waals surface area contributed by atoms with Gasteiger partial charge in [0, 0.05) is 6.92 Å². The number of rotatable bonds is 5. The number of ether oxygens (including phenoxy) is 3. The Kier molecular flexibility index (Phi) is 7.27. The predicted octanol–water partition coefficient (Wildman–Crippen LogP) is -5.25. The maximum Gasteiger partial charge on any atom is 0.217 e. The first-order chi connectivity index (χ1) is 12.2. The van der Waals surface area contributed by atoms with Gasteiger partial charge >= 0.3 is 0 Å². The number of carbonyl (C=O) groups excluding carboxylic acids is 1. The monoisotopic (exact) mass is 383 g/mol. The van der Waals surface area contributed by atoms with E-state index in [1.54, 1.807) is 0 Å². The third-order valence-electron chi connectivity index (χ3n) is 4.36. The summed E-state index contributed by atoms with van der Waals surface area (Å²) in [7, 11) is 0. The minimum absolute atomic E-state index is 0.467. The van der Waals surface area contributed by atoms with Crippen molar-refractivity contribution in [1.82, 2.24) is 5.32 Å². The van der Waals surface area contributed by atoms with E-state index >= 15 is 0 Å². The highest BCUT2D eigenvalue weighted by Crippen LogP contribution is 2.24. The SMILES string of the molecule is CC(=O)N[C@@H]1[C@@H](O)[C@H](O)[C@@H](CO[C@@H]2O[C@H](CO)[C@@H](O)[C@H](O)[C@H]2O)O[C@H]1O. The minimum Gasteiger partial charge on any atom is -0.394 e. The van der Waals surface area contributed by atoms with E-state index in [0.29, 0.717) is 0 Å². The molecule has 12 nitrogen and oxygen atoms in total. The van der Waals surface area contributed by atoms with Crippen LogP contribution in [0, 0.1) is 0 Å². The maximum absolute atomic E-state index is 11.1. The largest absolute Gasteiger partial charge is 0.394 e. The van der Waals surface area contributed by atoms with E-state index in [4.69, 9.17) is 19.3 Å². The zero-order valence-corrected chi connectivity index (χ0v) is 14.0. The molecule has 0 bridgehead atoms. The van der Waals surface area contributed by atoms with Crippen LogP contribution >= 0.6 is 0 Å². The van der Waals surface area contributed by atoms with Gasteiger partial charge in [-0.3, -0.25) is 4.79 Å². The molecular formula is C14H25NO11. The highest BCUT2D eigenvalue weighted by Gasteiger charge is 2.47. The minimum atomic E-state index is -1.64. The van der Waals surface area contributed by atoms with Crippen LogP contribution in [0.2, 0.25) is 0 Å². The van der Waals surface area contributed by atoms with Gasteiger partial charge in [-0.2, -0.15) is 0 Å². The highest BCUT2D eigenvalue weighted by atomic mass is 16.7. The van der Waals surface area contributed by atoms with E-state index in [2.05, 4.69) is 5.32 Å².